The molecule has 0 saturated carbocycles. The third-order valence-corrected chi connectivity index (χ3v) is 4.24. The fourth-order valence-electron chi connectivity index (χ4n) is 2.90. The summed E-state index contributed by atoms with van der Waals surface area (Å²) in [7, 11) is 0. The van der Waals surface area contributed by atoms with Crippen molar-refractivity contribution in [2.45, 2.75) is 12.8 Å². The number of carboxylic acid groups (broad SMARTS) is 1. The van der Waals surface area contributed by atoms with Crippen LogP contribution in [0, 0.1) is 11.7 Å². The van der Waals surface area contributed by atoms with Gasteiger partial charge in [-0.1, -0.05) is 42.5 Å². The highest BCUT2D eigenvalue weighted by Gasteiger charge is 2.19. The van der Waals surface area contributed by atoms with Crippen molar-refractivity contribution >= 4 is 16.7 Å². The Bertz CT molecular complexity index is 853. The van der Waals surface area contributed by atoms with Gasteiger partial charge in [0, 0.05) is 0 Å². The summed E-state index contributed by atoms with van der Waals surface area (Å²) in [6, 6.07) is 19.6. The summed E-state index contributed by atoms with van der Waals surface area (Å²) in [6.45, 7) is 0.271. The molecule has 0 fully saturated rings. The van der Waals surface area contributed by atoms with Crippen LogP contribution in [0.5, 0.6) is 5.75 Å². The number of rotatable bonds is 7. The normalized spacial score (nSPS) is 12.0. The van der Waals surface area contributed by atoms with E-state index < -0.39 is 11.9 Å². The molecular weight excluding hydrogens is 319 g/mol. The monoisotopic (exact) mass is 338 g/mol. The van der Waals surface area contributed by atoms with Crippen molar-refractivity contribution in [2.75, 3.05) is 6.61 Å². The second kappa shape index (κ2) is 7.79. The van der Waals surface area contributed by atoms with Crippen LogP contribution < -0.4 is 4.74 Å². The first kappa shape index (κ1) is 17.0. The highest BCUT2D eigenvalue weighted by molar-refractivity contribution is 5.86. The molecule has 0 aliphatic rings. The number of halogens is 1. The maximum Gasteiger partial charge on any atom is 0.306 e. The molecule has 128 valence electrons. The third kappa shape index (κ3) is 4.35. The largest absolute Gasteiger partial charge is 0.494 e. The van der Waals surface area contributed by atoms with Crippen molar-refractivity contribution in [3.63, 3.8) is 0 Å². The van der Waals surface area contributed by atoms with Crippen LogP contribution in [0.2, 0.25) is 0 Å². The van der Waals surface area contributed by atoms with Gasteiger partial charge in [-0.15, -0.1) is 0 Å². The van der Waals surface area contributed by atoms with Gasteiger partial charge in [-0.2, -0.15) is 0 Å². The maximum absolute atomic E-state index is 12.9. The van der Waals surface area contributed by atoms with Crippen LogP contribution in [-0.4, -0.2) is 17.7 Å². The molecule has 25 heavy (non-hydrogen) atoms. The summed E-state index contributed by atoms with van der Waals surface area (Å²) >= 11 is 0. The molecule has 0 spiro atoms. The van der Waals surface area contributed by atoms with Crippen molar-refractivity contribution in [3.8, 4) is 5.75 Å². The van der Waals surface area contributed by atoms with Gasteiger partial charge < -0.3 is 9.84 Å². The van der Waals surface area contributed by atoms with E-state index in [0.717, 1.165) is 16.3 Å². The molecule has 4 heteroatoms. The fourth-order valence-corrected chi connectivity index (χ4v) is 2.90. The minimum absolute atomic E-state index is 0.271. The quantitative estimate of drug-likeness (QED) is 0.680. The van der Waals surface area contributed by atoms with Crippen LogP contribution >= 0.6 is 0 Å². The lowest BCUT2D eigenvalue weighted by Gasteiger charge is -2.15. The Morgan fingerprint density at radius 2 is 1.72 bits per heavy atom. The van der Waals surface area contributed by atoms with Crippen molar-refractivity contribution < 1.29 is 19.0 Å². The zero-order valence-corrected chi connectivity index (χ0v) is 13.7. The molecule has 3 nitrogen and oxygen atoms in total. The number of fused-ring (bicyclic) bond motifs is 1. The molecule has 0 saturated heterocycles. The van der Waals surface area contributed by atoms with Crippen LogP contribution in [0.1, 0.15) is 12.0 Å². The van der Waals surface area contributed by atoms with Crippen LogP contribution in [0.3, 0.4) is 0 Å². The zero-order chi connectivity index (χ0) is 17.6. The van der Waals surface area contributed by atoms with Gasteiger partial charge in [0.1, 0.15) is 11.6 Å². The first-order chi connectivity index (χ1) is 12.1. The number of hydrogen-bond acceptors (Lipinski definition) is 2. The van der Waals surface area contributed by atoms with E-state index in [-0.39, 0.29) is 12.4 Å². The Morgan fingerprint density at radius 1 is 1.00 bits per heavy atom. The summed E-state index contributed by atoms with van der Waals surface area (Å²) in [5.74, 6) is -1.16. The maximum atomic E-state index is 12.9. The van der Waals surface area contributed by atoms with Crippen LogP contribution in [-0.2, 0) is 11.2 Å². The molecule has 0 aromatic heterocycles. The predicted octanol–water partition coefficient (Wildman–Crippen LogP) is 4.69. The standard InChI is InChI=1S/C21H19FO3/c22-18-8-10-19(11-9-18)25-13-12-17(21(23)24)14-16-6-3-5-15-4-1-2-7-20(15)16/h1-11,17H,12-14H2,(H,23,24). The van der Waals surface area contributed by atoms with Crippen molar-refractivity contribution in [2.24, 2.45) is 5.92 Å². The Kier molecular flexibility index (Phi) is 5.29. The van der Waals surface area contributed by atoms with Crippen LogP contribution in [0.4, 0.5) is 4.39 Å². The molecule has 3 aromatic carbocycles. The summed E-state index contributed by atoms with van der Waals surface area (Å²) < 4.78 is 18.4. The molecule has 1 N–H and O–H groups in total. The van der Waals surface area contributed by atoms with Gasteiger partial charge in [0.2, 0.25) is 0 Å². The van der Waals surface area contributed by atoms with E-state index >= 15 is 0 Å². The summed E-state index contributed by atoms with van der Waals surface area (Å²) in [6.07, 6.45) is 0.833. The van der Waals surface area contributed by atoms with Gasteiger partial charge in [-0.05, 0) is 53.4 Å². The minimum Gasteiger partial charge on any atom is -0.494 e. The van der Waals surface area contributed by atoms with Crippen LogP contribution in [0.15, 0.2) is 66.7 Å². The predicted molar refractivity (Wildman–Crippen MR) is 95.3 cm³/mol. The Balaban J connectivity index is 1.66. The van der Waals surface area contributed by atoms with Crippen molar-refractivity contribution in [1.82, 2.24) is 0 Å². The molecule has 0 amide bonds. The molecule has 0 aliphatic heterocycles. The van der Waals surface area contributed by atoms with E-state index in [1.807, 2.05) is 42.5 Å². The third-order valence-electron chi connectivity index (χ3n) is 4.24. The zero-order valence-electron chi connectivity index (χ0n) is 13.7. The Labute approximate surface area is 145 Å². The van der Waals surface area contributed by atoms with Crippen molar-refractivity contribution in [1.29, 1.82) is 0 Å². The molecular formula is C21H19FO3. The van der Waals surface area contributed by atoms with E-state index in [0.29, 0.717) is 18.6 Å². The highest BCUT2D eigenvalue weighted by Crippen LogP contribution is 2.23. The van der Waals surface area contributed by atoms with E-state index in [1.54, 1.807) is 0 Å². The molecule has 0 radical (unpaired) electrons. The summed E-state index contributed by atoms with van der Waals surface area (Å²) in [5, 5.41) is 11.7. The van der Waals surface area contributed by atoms with E-state index in [2.05, 4.69) is 0 Å². The first-order valence-corrected chi connectivity index (χ1v) is 8.21. The first-order valence-electron chi connectivity index (χ1n) is 8.21. The van der Waals surface area contributed by atoms with E-state index in [1.165, 1.54) is 24.3 Å². The fraction of sp³-hybridized carbons (Fsp3) is 0.190. The molecule has 3 aromatic rings. The van der Waals surface area contributed by atoms with E-state index in [9.17, 15) is 14.3 Å². The topological polar surface area (TPSA) is 46.5 Å². The number of benzene rings is 3. The van der Waals surface area contributed by atoms with Gasteiger partial charge in [0.05, 0.1) is 12.5 Å². The van der Waals surface area contributed by atoms with Gasteiger partial charge in [0.15, 0.2) is 0 Å². The minimum atomic E-state index is -0.837. The number of carbonyl (C=O) groups is 1. The van der Waals surface area contributed by atoms with E-state index in [4.69, 9.17) is 4.74 Å². The second-order valence-electron chi connectivity index (χ2n) is 5.97. The van der Waals surface area contributed by atoms with Gasteiger partial charge in [-0.3, -0.25) is 4.79 Å². The number of hydrogen-bond donors (Lipinski definition) is 1. The average molecular weight is 338 g/mol. The lowest BCUT2D eigenvalue weighted by atomic mass is 9.93. The molecule has 1 unspecified atom stereocenters. The summed E-state index contributed by atoms with van der Waals surface area (Å²) in [4.78, 5) is 11.6. The molecule has 1 atom stereocenters. The number of aliphatic carboxylic acids is 1. The average Bonchev–Trinajstić information content (AvgIpc) is 2.62. The van der Waals surface area contributed by atoms with Crippen LogP contribution in [0.25, 0.3) is 10.8 Å². The Morgan fingerprint density at radius 3 is 2.48 bits per heavy atom. The highest BCUT2D eigenvalue weighted by atomic mass is 19.1. The SMILES string of the molecule is O=C(O)C(CCOc1ccc(F)cc1)Cc1cccc2ccccc12. The van der Waals surface area contributed by atoms with Gasteiger partial charge in [-0.25, -0.2) is 4.39 Å². The lowest BCUT2D eigenvalue weighted by Crippen LogP contribution is -2.19. The molecule has 3 rings (SSSR count). The smallest absolute Gasteiger partial charge is 0.306 e. The molecule has 0 bridgehead atoms. The Hall–Kier alpha value is -2.88. The molecule has 0 heterocycles. The lowest BCUT2D eigenvalue weighted by molar-refractivity contribution is -0.142. The van der Waals surface area contributed by atoms with Crippen molar-refractivity contribution in [3.05, 3.63) is 78.1 Å². The second-order valence-corrected chi connectivity index (χ2v) is 5.97. The van der Waals surface area contributed by atoms with Gasteiger partial charge in [0.25, 0.3) is 0 Å². The number of carboxylic acids is 1. The summed E-state index contributed by atoms with van der Waals surface area (Å²) in [5.41, 5.74) is 1.02. The molecule has 0 aliphatic carbocycles. The number of ether oxygens (including phenoxy) is 1. The van der Waals surface area contributed by atoms with Gasteiger partial charge >= 0.3 is 5.97 Å².